The molecule has 0 aromatic heterocycles. The number of nitrogens with zero attached hydrogens (tertiary/aromatic N) is 3. The lowest BCUT2D eigenvalue weighted by atomic mass is 10.2. The van der Waals surface area contributed by atoms with Crippen LogP contribution in [0.1, 0.15) is 32.3 Å². The number of guanidine groups is 1. The van der Waals surface area contributed by atoms with Gasteiger partial charge in [-0.15, -0.1) is 24.0 Å². The molecule has 2 rings (SSSR count). The Labute approximate surface area is 186 Å². The highest BCUT2D eigenvalue weighted by molar-refractivity contribution is 14.0. The van der Waals surface area contributed by atoms with Crippen molar-refractivity contribution in [2.24, 2.45) is 10.9 Å². The van der Waals surface area contributed by atoms with E-state index in [1.165, 1.54) is 12.8 Å². The SMILES string of the molecule is CCNC(=NCC(=O)N(CC)Cc1ccccc1)N(C)CCOCC1CC1.I. The molecule has 0 atom stereocenters. The van der Waals surface area contributed by atoms with Crippen molar-refractivity contribution in [1.82, 2.24) is 15.1 Å². The van der Waals surface area contributed by atoms with Gasteiger partial charge in [-0.1, -0.05) is 30.3 Å². The van der Waals surface area contributed by atoms with Gasteiger partial charge < -0.3 is 19.9 Å². The molecule has 0 heterocycles. The Kier molecular flexibility index (Phi) is 12.1. The molecule has 1 aliphatic carbocycles. The summed E-state index contributed by atoms with van der Waals surface area (Å²) in [5.41, 5.74) is 1.13. The molecule has 1 fully saturated rings. The van der Waals surface area contributed by atoms with Crippen LogP contribution in [-0.2, 0) is 16.1 Å². The number of halogens is 1. The molecule has 1 amide bonds. The van der Waals surface area contributed by atoms with Crippen LogP contribution in [-0.4, -0.2) is 68.1 Å². The number of likely N-dealkylation sites (N-methyl/N-ethyl adjacent to an activating group) is 2. The molecule has 0 aliphatic heterocycles. The topological polar surface area (TPSA) is 57.2 Å². The van der Waals surface area contributed by atoms with E-state index in [-0.39, 0.29) is 36.4 Å². The summed E-state index contributed by atoms with van der Waals surface area (Å²) in [4.78, 5) is 21.0. The molecule has 7 heteroatoms. The standard InChI is InChI=1S/C21H34N4O2.HI/c1-4-22-21(24(3)13-14-27-17-19-11-12-19)23-15-20(26)25(5-2)16-18-9-7-6-8-10-18;/h6-10,19H,4-5,11-17H2,1-3H3,(H,22,23);1H. The van der Waals surface area contributed by atoms with Crippen molar-refractivity contribution in [2.75, 3.05) is 46.4 Å². The van der Waals surface area contributed by atoms with Crippen LogP contribution >= 0.6 is 24.0 Å². The molecule has 6 nitrogen and oxygen atoms in total. The first-order valence-electron chi connectivity index (χ1n) is 10.0. The van der Waals surface area contributed by atoms with E-state index in [4.69, 9.17) is 4.74 Å². The molecule has 158 valence electrons. The predicted molar refractivity (Wildman–Crippen MR) is 125 cm³/mol. The van der Waals surface area contributed by atoms with E-state index in [0.29, 0.717) is 19.7 Å². The normalized spacial score (nSPS) is 13.6. The largest absolute Gasteiger partial charge is 0.379 e. The maximum Gasteiger partial charge on any atom is 0.244 e. The van der Waals surface area contributed by atoms with Gasteiger partial charge in [-0.2, -0.15) is 0 Å². The zero-order valence-corrected chi connectivity index (χ0v) is 19.7. The van der Waals surface area contributed by atoms with Gasteiger partial charge in [-0.3, -0.25) is 4.79 Å². The molecule has 0 radical (unpaired) electrons. The number of aliphatic imine (C=N–C) groups is 1. The van der Waals surface area contributed by atoms with E-state index in [2.05, 4.69) is 10.3 Å². The van der Waals surface area contributed by atoms with Crippen LogP contribution in [0, 0.1) is 5.92 Å². The first-order valence-corrected chi connectivity index (χ1v) is 10.0. The number of rotatable bonds is 11. The first kappa shape index (κ1) is 24.7. The van der Waals surface area contributed by atoms with Crippen molar-refractivity contribution in [2.45, 2.75) is 33.2 Å². The van der Waals surface area contributed by atoms with E-state index in [0.717, 1.165) is 37.1 Å². The minimum Gasteiger partial charge on any atom is -0.379 e. The fourth-order valence-corrected chi connectivity index (χ4v) is 2.73. The Morgan fingerprint density at radius 1 is 1.25 bits per heavy atom. The molecular formula is C21H35IN4O2. The van der Waals surface area contributed by atoms with Crippen LogP contribution in [0.5, 0.6) is 0 Å². The monoisotopic (exact) mass is 502 g/mol. The maximum absolute atomic E-state index is 12.6. The molecule has 28 heavy (non-hydrogen) atoms. The first-order chi connectivity index (χ1) is 13.1. The summed E-state index contributed by atoms with van der Waals surface area (Å²) >= 11 is 0. The Morgan fingerprint density at radius 3 is 2.57 bits per heavy atom. The minimum atomic E-state index is 0. The van der Waals surface area contributed by atoms with Crippen LogP contribution in [0.25, 0.3) is 0 Å². The molecular weight excluding hydrogens is 467 g/mol. The number of ether oxygens (including phenoxy) is 1. The lowest BCUT2D eigenvalue weighted by molar-refractivity contribution is -0.130. The van der Waals surface area contributed by atoms with Crippen molar-refractivity contribution < 1.29 is 9.53 Å². The van der Waals surface area contributed by atoms with Crippen LogP contribution in [0.3, 0.4) is 0 Å². The average Bonchev–Trinajstić information content (AvgIpc) is 3.51. The second-order valence-electron chi connectivity index (χ2n) is 7.00. The summed E-state index contributed by atoms with van der Waals surface area (Å²) in [6, 6.07) is 10.1. The van der Waals surface area contributed by atoms with Crippen LogP contribution in [0.2, 0.25) is 0 Å². The quantitative estimate of drug-likeness (QED) is 0.219. The average molecular weight is 502 g/mol. The highest BCUT2D eigenvalue weighted by atomic mass is 127. The molecule has 1 N–H and O–H groups in total. The van der Waals surface area contributed by atoms with Gasteiger partial charge in [0.2, 0.25) is 5.91 Å². The van der Waals surface area contributed by atoms with Gasteiger partial charge in [0, 0.05) is 39.8 Å². The Balaban J connectivity index is 0.00000392. The van der Waals surface area contributed by atoms with Crippen molar-refractivity contribution in [3.8, 4) is 0 Å². The van der Waals surface area contributed by atoms with E-state index in [1.807, 2.05) is 61.0 Å². The third-order valence-corrected chi connectivity index (χ3v) is 4.63. The second-order valence-corrected chi connectivity index (χ2v) is 7.00. The Morgan fingerprint density at radius 2 is 1.96 bits per heavy atom. The smallest absolute Gasteiger partial charge is 0.244 e. The van der Waals surface area contributed by atoms with Crippen molar-refractivity contribution in [1.29, 1.82) is 0 Å². The van der Waals surface area contributed by atoms with Crippen LogP contribution in [0.15, 0.2) is 35.3 Å². The number of nitrogens with one attached hydrogen (secondary N) is 1. The Hall–Kier alpha value is -1.35. The fourth-order valence-electron chi connectivity index (χ4n) is 2.73. The number of hydrogen-bond acceptors (Lipinski definition) is 3. The van der Waals surface area contributed by atoms with Gasteiger partial charge in [-0.25, -0.2) is 4.99 Å². The lowest BCUT2D eigenvalue weighted by Gasteiger charge is -2.23. The molecule has 1 saturated carbocycles. The van der Waals surface area contributed by atoms with E-state index in [1.54, 1.807) is 0 Å². The molecule has 1 aliphatic rings. The maximum atomic E-state index is 12.6. The van der Waals surface area contributed by atoms with Gasteiger partial charge in [0.1, 0.15) is 6.54 Å². The minimum absolute atomic E-state index is 0. The zero-order chi connectivity index (χ0) is 19.5. The van der Waals surface area contributed by atoms with Crippen molar-refractivity contribution in [3.63, 3.8) is 0 Å². The predicted octanol–water partition coefficient (Wildman–Crippen LogP) is 2.98. The molecule has 0 spiro atoms. The van der Waals surface area contributed by atoms with Gasteiger partial charge in [-0.05, 0) is 38.2 Å². The van der Waals surface area contributed by atoms with E-state index >= 15 is 0 Å². The van der Waals surface area contributed by atoms with Crippen molar-refractivity contribution in [3.05, 3.63) is 35.9 Å². The summed E-state index contributed by atoms with van der Waals surface area (Å²) in [6.45, 7) is 8.54. The second kappa shape index (κ2) is 13.8. The van der Waals surface area contributed by atoms with Crippen LogP contribution in [0.4, 0.5) is 0 Å². The van der Waals surface area contributed by atoms with Gasteiger partial charge >= 0.3 is 0 Å². The lowest BCUT2D eigenvalue weighted by Crippen LogP contribution is -2.41. The fraction of sp³-hybridized carbons (Fsp3) is 0.619. The number of amides is 1. The van der Waals surface area contributed by atoms with Crippen molar-refractivity contribution >= 4 is 35.8 Å². The highest BCUT2D eigenvalue weighted by Crippen LogP contribution is 2.28. The van der Waals surface area contributed by atoms with Gasteiger partial charge in [0.25, 0.3) is 0 Å². The third kappa shape index (κ3) is 9.23. The summed E-state index contributed by atoms with van der Waals surface area (Å²) in [7, 11) is 1.98. The number of carbonyl (C=O) groups excluding carboxylic acids is 1. The molecule has 1 aromatic rings. The summed E-state index contributed by atoms with van der Waals surface area (Å²) in [6.07, 6.45) is 2.61. The summed E-state index contributed by atoms with van der Waals surface area (Å²) in [5.74, 6) is 1.56. The van der Waals surface area contributed by atoms with E-state index in [9.17, 15) is 4.79 Å². The summed E-state index contributed by atoms with van der Waals surface area (Å²) in [5, 5.41) is 3.26. The van der Waals surface area contributed by atoms with Gasteiger partial charge in [0.15, 0.2) is 5.96 Å². The molecule has 0 saturated heterocycles. The van der Waals surface area contributed by atoms with E-state index < -0.39 is 0 Å². The number of carbonyl (C=O) groups is 1. The number of benzene rings is 1. The molecule has 0 bridgehead atoms. The third-order valence-electron chi connectivity index (χ3n) is 4.63. The Bertz CT molecular complexity index is 593. The molecule has 1 aromatic carbocycles. The molecule has 0 unspecified atom stereocenters. The van der Waals surface area contributed by atoms with Crippen LogP contribution < -0.4 is 5.32 Å². The zero-order valence-electron chi connectivity index (χ0n) is 17.4. The van der Waals surface area contributed by atoms with Gasteiger partial charge in [0.05, 0.1) is 6.61 Å². The highest BCUT2D eigenvalue weighted by Gasteiger charge is 2.21. The summed E-state index contributed by atoms with van der Waals surface area (Å²) < 4.78 is 5.70. The number of hydrogen-bond donors (Lipinski definition) is 1.